The lowest BCUT2D eigenvalue weighted by molar-refractivity contribution is -0.121. The van der Waals surface area contributed by atoms with E-state index in [2.05, 4.69) is 15.3 Å². The Labute approximate surface area is 138 Å². The normalized spacial score (nSPS) is 15.6. The Hall–Kier alpha value is -2.15. The minimum absolute atomic E-state index is 0.0806. The molecule has 3 heterocycles. The number of aryl methyl sites for hydroxylation is 1. The molecule has 7 heteroatoms. The number of carbonyl (C=O) groups excluding carboxylic acids is 1. The zero-order valence-electron chi connectivity index (χ0n) is 13.1. The first-order valence-corrected chi connectivity index (χ1v) is 8.65. The smallest absolute Gasteiger partial charge is 0.268 e. The Morgan fingerprint density at radius 2 is 2.22 bits per heavy atom. The van der Waals surface area contributed by atoms with Gasteiger partial charge >= 0.3 is 0 Å². The number of hydrogen-bond donors (Lipinski definition) is 1. The molecule has 1 N–H and O–H groups in total. The standard InChI is InChI=1S/C16H20N4O2S/c1-19-16(22)9-14(10-17-19)20-5-2-13(3-6-20)18-15(21)8-12-4-7-23-11-12/h4,7,9-11,13H,2-3,5-6,8H2,1H3,(H,18,21). The Morgan fingerprint density at radius 1 is 1.43 bits per heavy atom. The molecule has 1 aliphatic rings. The van der Waals surface area contributed by atoms with E-state index in [4.69, 9.17) is 0 Å². The summed E-state index contributed by atoms with van der Waals surface area (Å²) < 4.78 is 1.32. The van der Waals surface area contributed by atoms with E-state index in [0.29, 0.717) is 6.42 Å². The Bertz CT molecular complexity index is 718. The van der Waals surface area contributed by atoms with Crippen molar-refractivity contribution in [1.29, 1.82) is 0 Å². The van der Waals surface area contributed by atoms with Crippen LogP contribution >= 0.6 is 11.3 Å². The molecule has 0 spiro atoms. The van der Waals surface area contributed by atoms with Crippen LogP contribution in [0.5, 0.6) is 0 Å². The van der Waals surface area contributed by atoms with Crippen LogP contribution in [-0.4, -0.2) is 34.8 Å². The third-order valence-corrected chi connectivity index (χ3v) is 4.86. The van der Waals surface area contributed by atoms with Crippen molar-refractivity contribution in [2.45, 2.75) is 25.3 Å². The molecule has 1 saturated heterocycles. The SMILES string of the molecule is Cn1ncc(N2CCC(NC(=O)Cc3ccsc3)CC2)cc1=O. The van der Waals surface area contributed by atoms with E-state index in [1.165, 1.54) is 4.68 Å². The van der Waals surface area contributed by atoms with Crippen LogP contribution < -0.4 is 15.8 Å². The van der Waals surface area contributed by atoms with E-state index in [9.17, 15) is 9.59 Å². The van der Waals surface area contributed by atoms with Crippen LogP contribution in [0.2, 0.25) is 0 Å². The van der Waals surface area contributed by atoms with Gasteiger partial charge in [-0.1, -0.05) is 0 Å². The van der Waals surface area contributed by atoms with Gasteiger partial charge in [0.1, 0.15) is 0 Å². The highest BCUT2D eigenvalue weighted by Crippen LogP contribution is 2.17. The highest BCUT2D eigenvalue weighted by atomic mass is 32.1. The first-order chi connectivity index (χ1) is 11.1. The average molecular weight is 332 g/mol. The van der Waals surface area contributed by atoms with Gasteiger partial charge in [0, 0.05) is 32.2 Å². The molecule has 0 saturated carbocycles. The van der Waals surface area contributed by atoms with Gasteiger partial charge < -0.3 is 10.2 Å². The predicted octanol–water partition coefficient (Wildman–Crippen LogP) is 1.17. The Balaban J connectivity index is 1.51. The third-order valence-electron chi connectivity index (χ3n) is 4.12. The summed E-state index contributed by atoms with van der Waals surface area (Å²) in [6.07, 6.45) is 3.93. The summed E-state index contributed by atoms with van der Waals surface area (Å²) in [6, 6.07) is 3.80. The molecule has 1 amide bonds. The van der Waals surface area contributed by atoms with Gasteiger partial charge in [-0.15, -0.1) is 0 Å². The van der Waals surface area contributed by atoms with Crippen molar-refractivity contribution in [3.8, 4) is 0 Å². The van der Waals surface area contributed by atoms with E-state index in [1.54, 1.807) is 30.6 Å². The maximum atomic E-state index is 12.0. The molecule has 122 valence electrons. The van der Waals surface area contributed by atoms with Crippen molar-refractivity contribution < 1.29 is 4.79 Å². The van der Waals surface area contributed by atoms with Gasteiger partial charge in [-0.25, -0.2) is 4.68 Å². The minimum Gasteiger partial charge on any atom is -0.370 e. The van der Waals surface area contributed by atoms with Crippen LogP contribution in [0.1, 0.15) is 18.4 Å². The van der Waals surface area contributed by atoms with Crippen molar-refractivity contribution in [3.63, 3.8) is 0 Å². The third kappa shape index (κ3) is 3.98. The van der Waals surface area contributed by atoms with Gasteiger partial charge in [-0.05, 0) is 35.2 Å². The van der Waals surface area contributed by atoms with Gasteiger partial charge in [0.2, 0.25) is 5.91 Å². The highest BCUT2D eigenvalue weighted by Gasteiger charge is 2.21. The monoisotopic (exact) mass is 332 g/mol. The zero-order valence-corrected chi connectivity index (χ0v) is 13.9. The quantitative estimate of drug-likeness (QED) is 0.913. The van der Waals surface area contributed by atoms with Gasteiger partial charge in [-0.2, -0.15) is 16.4 Å². The molecule has 0 unspecified atom stereocenters. The van der Waals surface area contributed by atoms with Gasteiger partial charge in [0.25, 0.3) is 5.56 Å². The lowest BCUT2D eigenvalue weighted by Gasteiger charge is -2.33. The number of nitrogens with zero attached hydrogens (tertiary/aromatic N) is 3. The van der Waals surface area contributed by atoms with E-state index >= 15 is 0 Å². The average Bonchev–Trinajstić information content (AvgIpc) is 3.03. The maximum Gasteiger partial charge on any atom is 0.268 e. The van der Waals surface area contributed by atoms with Gasteiger partial charge in [0.05, 0.1) is 18.3 Å². The number of amides is 1. The van der Waals surface area contributed by atoms with E-state index in [-0.39, 0.29) is 17.5 Å². The second kappa shape index (κ2) is 6.95. The first kappa shape index (κ1) is 15.7. The number of nitrogens with one attached hydrogen (secondary N) is 1. The van der Waals surface area contributed by atoms with Crippen molar-refractivity contribution >= 4 is 22.9 Å². The first-order valence-electron chi connectivity index (χ1n) is 7.70. The predicted molar refractivity (Wildman–Crippen MR) is 90.9 cm³/mol. The van der Waals surface area contributed by atoms with Crippen LogP contribution in [-0.2, 0) is 18.3 Å². The molecular weight excluding hydrogens is 312 g/mol. The second-order valence-electron chi connectivity index (χ2n) is 5.81. The molecule has 23 heavy (non-hydrogen) atoms. The topological polar surface area (TPSA) is 67.2 Å². The minimum atomic E-state index is -0.103. The largest absolute Gasteiger partial charge is 0.370 e. The Kier molecular flexibility index (Phi) is 4.76. The molecule has 0 bridgehead atoms. The molecule has 1 fully saturated rings. The fraction of sp³-hybridized carbons (Fsp3) is 0.438. The summed E-state index contributed by atoms with van der Waals surface area (Å²) in [5.41, 5.74) is 1.82. The number of piperidine rings is 1. The van der Waals surface area contributed by atoms with Crippen LogP contribution in [0, 0.1) is 0 Å². The fourth-order valence-electron chi connectivity index (χ4n) is 2.77. The number of carbonyl (C=O) groups is 1. The number of thiophene rings is 1. The molecule has 3 rings (SSSR count). The second-order valence-corrected chi connectivity index (χ2v) is 6.59. The summed E-state index contributed by atoms with van der Waals surface area (Å²) in [5.74, 6) is 0.0806. The number of anilines is 1. The summed E-state index contributed by atoms with van der Waals surface area (Å²) >= 11 is 1.61. The molecule has 1 aliphatic heterocycles. The summed E-state index contributed by atoms with van der Waals surface area (Å²) in [4.78, 5) is 25.8. The molecule has 0 atom stereocenters. The summed E-state index contributed by atoms with van der Waals surface area (Å²) in [7, 11) is 1.64. The van der Waals surface area contributed by atoms with Crippen molar-refractivity contribution in [2.24, 2.45) is 7.05 Å². The van der Waals surface area contributed by atoms with Crippen LogP contribution in [0.25, 0.3) is 0 Å². The summed E-state index contributed by atoms with van der Waals surface area (Å²) in [6.45, 7) is 1.64. The van der Waals surface area contributed by atoms with Crippen LogP contribution in [0.15, 0.2) is 33.9 Å². The molecule has 0 aliphatic carbocycles. The Morgan fingerprint density at radius 3 is 2.87 bits per heavy atom. The molecule has 0 radical (unpaired) electrons. The number of rotatable bonds is 4. The maximum absolute atomic E-state index is 12.0. The molecule has 2 aromatic heterocycles. The zero-order chi connectivity index (χ0) is 16.2. The number of hydrogen-bond acceptors (Lipinski definition) is 5. The molecule has 2 aromatic rings. The lowest BCUT2D eigenvalue weighted by Crippen LogP contribution is -2.45. The van der Waals surface area contributed by atoms with Crippen LogP contribution in [0.4, 0.5) is 5.69 Å². The van der Waals surface area contributed by atoms with Crippen molar-refractivity contribution in [1.82, 2.24) is 15.1 Å². The van der Waals surface area contributed by atoms with E-state index < -0.39 is 0 Å². The highest BCUT2D eigenvalue weighted by molar-refractivity contribution is 7.07. The van der Waals surface area contributed by atoms with Gasteiger partial charge in [-0.3, -0.25) is 9.59 Å². The van der Waals surface area contributed by atoms with E-state index in [1.807, 2.05) is 16.8 Å². The lowest BCUT2D eigenvalue weighted by atomic mass is 10.0. The summed E-state index contributed by atoms with van der Waals surface area (Å²) in [5, 5.41) is 11.2. The molecule has 6 nitrogen and oxygen atoms in total. The fourth-order valence-corrected chi connectivity index (χ4v) is 3.44. The number of aromatic nitrogens is 2. The van der Waals surface area contributed by atoms with Gasteiger partial charge in [0.15, 0.2) is 0 Å². The van der Waals surface area contributed by atoms with Crippen molar-refractivity contribution in [3.05, 3.63) is 45.0 Å². The van der Waals surface area contributed by atoms with E-state index in [0.717, 1.165) is 37.2 Å². The molecular formula is C16H20N4O2S. The molecule has 0 aromatic carbocycles. The van der Waals surface area contributed by atoms with Crippen LogP contribution in [0.3, 0.4) is 0 Å². The van der Waals surface area contributed by atoms with Crippen molar-refractivity contribution in [2.75, 3.05) is 18.0 Å².